The molecular weight excluding hydrogens is 273 g/mol. The van der Waals surface area contributed by atoms with Crippen LogP contribution in [0.2, 0.25) is 0 Å². The van der Waals surface area contributed by atoms with Crippen molar-refractivity contribution in [1.82, 2.24) is 10.2 Å². The first-order chi connectivity index (χ1) is 9.41. The Hall–Kier alpha value is -1.47. The summed E-state index contributed by atoms with van der Waals surface area (Å²) in [6.45, 7) is 3.61. The Balaban J connectivity index is 2.28. The molecule has 0 radical (unpaired) electrons. The van der Waals surface area contributed by atoms with Gasteiger partial charge < -0.3 is 15.2 Å². The Labute approximate surface area is 115 Å². The van der Waals surface area contributed by atoms with Crippen LogP contribution in [0.15, 0.2) is 12.1 Å². The molecule has 1 heterocycles. The second-order valence-electron chi connectivity index (χ2n) is 4.72. The van der Waals surface area contributed by atoms with Gasteiger partial charge in [0.25, 0.3) is 0 Å². The number of benzene rings is 1. The van der Waals surface area contributed by atoms with Crippen molar-refractivity contribution in [3.05, 3.63) is 23.3 Å². The number of hydrogen-bond donors (Lipinski definition) is 2. The second kappa shape index (κ2) is 5.88. The fourth-order valence-electron chi connectivity index (χ4n) is 2.26. The molecule has 1 saturated heterocycles. The fraction of sp³-hybridized carbons (Fsp3) is 0.538. The number of phenolic OH excluding ortho intramolecular Hbond substituents is 1. The number of ether oxygens (including phenoxy) is 1. The molecule has 0 aliphatic carbocycles. The van der Waals surface area contributed by atoms with Crippen LogP contribution in [-0.2, 0) is 12.7 Å². The highest BCUT2D eigenvalue weighted by Crippen LogP contribution is 2.41. The molecule has 0 bridgehead atoms. The van der Waals surface area contributed by atoms with E-state index in [0.717, 1.165) is 32.2 Å². The van der Waals surface area contributed by atoms with Crippen LogP contribution in [0.3, 0.4) is 0 Å². The van der Waals surface area contributed by atoms with Gasteiger partial charge in [-0.25, -0.2) is 0 Å². The van der Waals surface area contributed by atoms with Crippen LogP contribution in [0.25, 0.3) is 0 Å². The van der Waals surface area contributed by atoms with Gasteiger partial charge in [-0.05, 0) is 17.7 Å². The first kappa shape index (κ1) is 14.9. The SMILES string of the molecule is COc1cc(CN2CCNCC2)cc(C(F)(F)F)c1O. The van der Waals surface area contributed by atoms with Gasteiger partial charge in [0.15, 0.2) is 11.5 Å². The van der Waals surface area contributed by atoms with E-state index in [2.05, 4.69) is 10.2 Å². The summed E-state index contributed by atoms with van der Waals surface area (Å²) in [6.07, 6.45) is -4.60. The number of nitrogens with zero attached hydrogens (tertiary/aromatic N) is 1. The van der Waals surface area contributed by atoms with Crippen LogP contribution < -0.4 is 10.1 Å². The molecule has 1 aromatic rings. The summed E-state index contributed by atoms with van der Waals surface area (Å²) in [4.78, 5) is 2.06. The maximum absolute atomic E-state index is 12.9. The predicted octanol–water partition coefficient (Wildman–Crippen LogP) is 1.82. The lowest BCUT2D eigenvalue weighted by molar-refractivity contribution is -0.139. The zero-order valence-electron chi connectivity index (χ0n) is 11.1. The molecule has 2 N–H and O–H groups in total. The first-order valence-electron chi connectivity index (χ1n) is 6.32. The molecule has 0 unspecified atom stereocenters. The number of nitrogens with one attached hydrogen (secondary N) is 1. The summed E-state index contributed by atoms with van der Waals surface area (Å²) in [5, 5.41) is 12.8. The van der Waals surface area contributed by atoms with E-state index in [4.69, 9.17) is 4.74 Å². The zero-order valence-corrected chi connectivity index (χ0v) is 11.1. The molecule has 0 spiro atoms. The third-order valence-electron chi connectivity index (χ3n) is 3.28. The minimum absolute atomic E-state index is 0.148. The van der Waals surface area contributed by atoms with Gasteiger partial charge in [-0.15, -0.1) is 0 Å². The highest BCUT2D eigenvalue weighted by molar-refractivity contribution is 5.49. The second-order valence-corrected chi connectivity index (χ2v) is 4.72. The van der Waals surface area contributed by atoms with Crippen molar-refractivity contribution < 1.29 is 23.0 Å². The summed E-state index contributed by atoms with van der Waals surface area (Å²) >= 11 is 0. The molecule has 1 aliphatic heterocycles. The monoisotopic (exact) mass is 290 g/mol. The van der Waals surface area contributed by atoms with E-state index in [-0.39, 0.29) is 5.75 Å². The third-order valence-corrected chi connectivity index (χ3v) is 3.28. The minimum atomic E-state index is -4.60. The molecule has 20 heavy (non-hydrogen) atoms. The summed E-state index contributed by atoms with van der Waals surface area (Å²) in [7, 11) is 1.24. The van der Waals surface area contributed by atoms with Crippen LogP contribution >= 0.6 is 0 Å². The van der Waals surface area contributed by atoms with Crippen molar-refractivity contribution in [3.8, 4) is 11.5 Å². The Bertz CT molecular complexity index is 471. The average Bonchev–Trinajstić information content (AvgIpc) is 2.40. The molecule has 2 rings (SSSR count). The van der Waals surface area contributed by atoms with Crippen molar-refractivity contribution >= 4 is 0 Å². The maximum atomic E-state index is 12.9. The number of phenols is 1. The van der Waals surface area contributed by atoms with Gasteiger partial charge in [-0.3, -0.25) is 4.90 Å². The lowest BCUT2D eigenvalue weighted by atomic mass is 10.1. The quantitative estimate of drug-likeness (QED) is 0.891. The number of hydrogen-bond acceptors (Lipinski definition) is 4. The standard InChI is InChI=1S/C13H17F3N2O2/c1-20-11-7-9(8-18-4-2-17-3-5-18)6-10(12(11)19)13(14,15)16/h6-7,17,19H,2-5,8H2,1H3. The Kier molecular flexibility index (Phi) is 4.39. The molecule has 7 heteroatoms. The third kappa shape index (κ3) is 3.34. The first-order valence-corrected chi connectivity index (χ1v) is 6.32. The van der Waals surface area contributed by atoms with Gasteiger partial charge in [0, 0.05) is 32.7 Å². The molecule has 0 aromatic heterocycles. The van der Waals surface area contributed by atoms with E-state index in [1.165, 1.54) is 13.2 Å². The van der Waals surface area contributed by atoms with Gasteiger partial charge in [-0.1, -0.05) is 0 Å². The Morgan fingerprint density at radius 2 is 1.95 bits per heavy atom. The van der Waals surface area contributed by atoms with Crippen molar-refractivity contribution in [2.45, 2.75) is 12.7 Å². The highest BCUT2D eigenvalue weighted by atomic mass is 19.4. The largest absolute Gasteiger partial charge is 0.504 e. The number of aromatic hydroxyl groups is 1. The predicted molar refractivity (Wildman–Crippen MR) is 67.8 cm³/mol. The Morgan fingerprint density at radius 3 is 2.50 bits per heavy atom. The molecule has 4 nitrogen and oxygen atoms in total. The molecule has 112 valence electrons. The van der Waals surface area contributed by atoms with Crippen LogP contribution in [0.5, 0.6) is 11.5 Å². The van der Waals surface area contributed by atoms with Crippen LogP contribution in [0.1, 0.15) is 11.1 Å². The molecule has 0 atom stereocenters. The molecule has 0 amide bonds. The van der Waals surface area contributed by atoms with Crippen LogP contribution in [-0.4, -0.2) is 43.3 Å². The van der Waals surface area contributed by atoms with Gasteiger partial charge in [0.2, 0.25) is 0 Å². The minimum Gasteiger partial charge on any atom is -0.504 e. The molecule has 1 aliphatic rings. The van der Waals surface area contributed by atoms with E-state index < -0.39 is 17.5 Å². The van der Waals surface area contributed by atoms with E-state index >= 15 is 0 Å². The summed E-state index contributed by atoms with van der Waals surface area (Å²) in [6, 6.07) is 2.44. The normalized spacial score (nSPS) is 17.2. The van der Waals surface area contributed by atoms with Gasteiger partial charge in [0.1, 0.15) is 5.56 Å². The smallest absolute Gasteiger partial charge is 0.420 e. The number of halogens is 3. The highest BCUT2D eigenvalue weighted by Gasteiger charge is 2.35. The van der Waals surface area contributed by atoms with E-state index in [9.17, 15) is 18.3 Å². The van der Waals surface area contributed by atoms with Gasteiger partial charge in [0.05, 0.1) is 7.11 Å². The van der Waals surface area contributed by atoms with Gasteiger partial charge >= 0.3 is 6.18 Å². The van der Waals surface area contributed by atoms with E-state index in [1.54, 1.807) is 0 Å². The summed E-state index contributed by atoms with van der Waals surface area (Å²) in [5.41, 5.74) is -0.573. The maximum Gasteiger partial charge on any atom is 0.420 e. The lowest BCUT2D eigenvalue weighted by Gasteiger charge is -2.27. The fourth-order valence-corrected chi connectivity index (χ4v) is 2.26. The zero-order chi connectivity index (χ0) is 14.8. The number of piperazine rings is 1. The van der Waals surface area contributed by atoms with Crippen LogP contribution in [0, 0.1) is 0 Å². The molecular formula is C13H17F3N2O2. The molecule has 1 aromatic carbocycles. The van der Waals surface area contributed by atoms with Crippen molar-refractivity contribution in [3.63, 3.8) is 0 Å². The number of rotatable bonds is 3. The number of methoxy groups -OCH3 is 1. The summed E-state index contributed by atoms with van der Waals surface area (Å²) < 4.78 is 43.5. The van der Waals surface area contributed by atoms with Crippen LogP contribution in [0.4, 0.5) is 13.2 Å². The average molecular weight is 290 g/mol. The van der Waals surface area contributed by atoms with E-state index in [0.29, 0.717) is 12.1 Å². The molecule has 0 saturated carbocycles. The van der Waals surface area contributed by atoms with Crippen molar-refractivity contribution in [1.29, 1.82) is 0 Å². The summed E-state index contributed by atoms with van der Waals surface area (Å²) in [5.74, 6) is -1.01. The topological polar surface area (TPSA) is 44.7 Å². The van der Waals surface area contributed by atoms with Crippen molar-refractivity contribution in [2.24, 2.45) is 0 Å². The lowest BCUT2D eigenvalue weighted by Crippen LogP contribution is -2.42. The van der Waals surface area contributed by atoms with Gasteiger partial charge in [-0.2, -0.15) is 13.2 Å². The number of alkyl halides is 3. The van der Waals surface area contributed by atoms with Crippen molar-refractivity contribution in [2.75, 3.05) is 33.3 Å². The Morgan fingerprint density at radius 1 is 1.30 bits per heavy atom. The van der Waals surface area contributed by atoms with E-state index in [1.807, 2.05) is 0 Å². The molecule has 1 fully saturated rings.